The van der Waals surface area contributed by atoms with E-state index in [1.807, 2.05) is 77.7 Å². The molecule has 4 heteroatoms. The zero-order valence-corrected chi connectivity index (χ0v) is 18.7. The maximum atomic E-state index is 13.0. The summed E-state index contributed by atoms with van der Waals surface area (Å²) in [5.74, 6) is 0.983. The zero-order chi connectivity index (χ0) is 23.0. The van der Waals surface area contributed by atoms with Crippen molar-refractivity contribution in [3.05, 3.63) is 103 Å². The van der Waals surface area contributed by atoms with Gasteiger partial charge in [-0.1, -0.05) is 60.7 Å². The predicted molar refractivity (Wildman–Crippen MR) is 131 cm³/mol. The van der Waals surface area contributed by atoms with Crippen molar-refractivity contribution < 1.29 is 9.53 Å². The molecule has 166 valence electrons. The molecule has 0 aliphatic carbocycles. The summed E-state index contributed by atoms with van der Waals surface area (Å²) < 4.78 is 6.11. The smallest absolute Gasteiger partial charge is 0.226 e. The summed E-state index contributed by atoms with van der Waals surface area (Å²) in [6, 6.07) is 28.0. The fourth-order valence-corrected chi connectivity index (χ4v) is 4.39. The summed E-state index contributed by atoms with van der Waals surface area (Å²) in [6.07, 6.45) is 4.17. The summed E-state index contributed by atoms with van der Waals surface area (Å²) >= 11 is 0. The third-order valence-corrected chi connectivity index (χ3v) is 6.21. The molecule has 0 bridgehead atoms. The highest BCUT2D eigenvalue weighted by molar-refractivity contribution is 5.81. The van der Waals surface area contributed by atoms with Gasteiger partial charge in [0.1, 0.15) is 12.4 Å². The molecular formula is C29H28N2O2. The minimum Gasteiger partial charge on any atom is -0.491 e. The minimum absolute atomic E-state index is 0.00867. The van der Waals surface area contributed by atoms with Crippen LogP contribution in [0.15, 0.2) is 91.5 Å². The average molecular weight is 437 g/mol. The number of hydrogen-bond acceptors (Lipinski definition) is 3. The number of carbonyl (C=O) groups is 1. The molecule has 1 fully saturated rings. The second kappa shape index (κ2) is 10.7. The van der Waals surface area contributed by atoms with Gasteiger partial charge in [-0.25, -0.2) is 0 Å². The van der Waals surface area contributed by atoms with E-state index in [2.05, 4.69) is 24.8 Å². The lowest BCUT2D eigenvalue weighted by Crippen LogP contribution is -2.38. The first-order chi connectivity index (χ1) is 16.2. The van der Waals surface area contributed by atoms with E-state index in [0.717, 1.165) is 29.7 Å². The van der Waals surface area contributed by atoms with E-state index in [1.165, 1.54) is 5.56 Å². The molecule has 1 heterocycles. The molecule has 0 saturated carbocycles. The van der Waals surface area contributed by atoms with Crippen LogP contribution in [0.5, 0.6) is 5.75 Å². The van der Waals surface area contributed by atoms with Gasteiger partial charge in [0.25, 0.3) is 0 Å². The zero-order valence-electron chi connectivity index (χ0n) is 18.7. The number of ether oxygens (including phenoxy) is 1. The van der Waals surface area contributed by atoms with Crippen LogP contribution in [-0.4, -0.2) is 30.0 Å². The summed E-state index contributed by atoms with van der Waals surface area (Å²) in [5, 5.41) is 8.96. The van der Waals surface area contributed by atoms with Crippen LogP contribution in [-0.2, 0) is 11.2 Å². The van der Waals surface area contributed by atoms with Gasteiger partial charge in [-0.2, -0.15) is 5.26 Å². The van der Waals surface area contributed by atoms with Crippen molar-refractivity contribution in [3.63, 3.8) is 0 Å². The SMILES string of the molecule is C=CC[C@@H]1C[C@@H](COc2ccc(-c3ccc(C#N)cc3)cc2)N(CCc2ccccc2)C1=O. The molecular weight excluding hydrogens is 408 g/mol. The lowest BCUT2D eigenvalue weighted by molar-refractivity contribution is -0.132. The van der Waals surface area contributed by atoms with Crippen LogP contribution in [0.4, 0.5) is 0 Å². The Hall–Kier alpha value is -3.84. The lowest BCUT2D eigenvalue weighted by atomic mass is 10.0. The molecule has 0 aromatic heterocycles. The van der Waals surface area contributed by atoms with Crippen LogP contribution < -0.4 is 4.74 Å². The van der Waals surface area contributed by atoms with Gasteiger partial charge in [0.2, 0.25) is 5.91 Å². The molecule has 1 saturated heterocycles. The predicted octanol–water partition coefficient (Wildman–Crippen LogP) is 5.64. The summed E-state index contributed by atoms with van der Waals surface area (Å²) in [4.78, 5) is 15.0. The molecule has 0 radical (unpaired) electrons. The normalized spacial score (nSPS) is 17.5. The van der Waals surface area contributed by atoms with Crippen molar-refractivity contribution in [1.82, 2.24) is 4.90 Å². The molecule has 33 heavy (non-hydrogen) atoms. The van der Waals surface area contributed by atoms with Crippen LogP contribution in [0.25, 0.3) is 11.1 Å². The van der Waals surface area contributed by atoms with Crippen LogP contribution >= 0.6 is 0 Å². The highest BCUT2D eigenvalue weighted by Gasteiger charge is 2.38. The molecule has 0 unspecified atom stereocenters. The molecule has 3 aromatic carbocycles. The number of nitrogens with zero attached hydrogens (tertiary/aromatic N) is 2. The average Bonchev–Trinajstić information content (AvgIpc) is 3.16. The Morgan fingerprint density at radius 1 is 1.00 bits per heavy atom. The summed E-state index contributed by atoms with van der Waals surface area (Å²) in [6.45, 7) is 4.99. The van der Waals surface area contributed by atoms with Gasteiger partial charge in [0.15, 0.2) is 0 Å². The molecule has 1 aliphatic heterocycles. The molecule has 4 rings (SSSR count). The van der Waals surface area contributed by atoms with E-state index in [0.29, 0.717) is 25.1 Å². The van der Waals surface area contributed by atoms with E-state index in [9.17, 15) is 4.79 Å². The number of nitriles is 1. The molecule has 1 aliphatic rings. The first kappa shape index (κ1) is 22.4. The van der Waals surface area contributed by atoms with Crippen molar-refractivity contribution >= 4 is 5.91 Å². The van der Waals surface area contributed by atoms with Gasteiger partial charge >= 0.3 is 0 Å². The first-order valence-corrected chi connectivity index (χ1v) is 11.4. The third kappa shape index (κ3) is 5.51. The molecule has 4 nitrogen and oxygen atoms in total. The van der Waals surface area contributed by atoms with Crippen molar-refractivity contribution in [2.75, 3.05) is 13.2 Å². The van der Waals surface area contributed by atoms with E-state index in [1.54, 1.807) is 0 Å². The second-order valence-electron chi connectivity index (χ2n) is 8.40. The van der Waals surface area contributed by atoms with Gasteiger partial charge in [-0.15, -0.1) is 6.58 Å². The van der Waals surface area contributed by atoms with Crippen LogP contribution in [0, 0.1) is 17.2 Å². The van der Waals surface area contributed by atoms with E-state index >= 15 is 0 Å². The Labute approximate surface area is 195 Å². The van der Waals surface area contributed by atoms with Crippen LogP contribution in [0.1, 0.15) is 24.0 Å². The largest absolute Gasteiger partial charge is 0.491 e. The minimum atomic E-state index is -0.00867. The lowest BCUT2D eigenvalue weighted by Gasteiger charge is -2.25. The maximum absolute atomic E-state index is 13.0. The number of allylic oxidation sites excluding steroid dienone is 1. The van der Waals surface area contributed by atoms with Crippen molar-refractivity contribution in [3.8, 4) is 22.9 Å². The quantitative estimate of drug-likeness (QED) is 0.408. The van der Waals surface area contributed by atoms with E-state index in [4.69, 9.17) is 10.00 Å². The summed E-state index contributed by atoms with van der Waals surface area (Å²) in [5.41, 5.74) is 4.01. The summed E-state index contributed by atoms with van der Waals surface area (Å²) in [7, 11) is 0. The van der Waals surface area contributed by atoms with Gasteiger partial charge in [-0.05, 0) is 60.2 Å². The Kier molecular flexibility index (Phi) is 7.22. The Balaban J connectivity index is 1.39. The number of likely N-dealkylation sites (tertiary alicyclic amines) is 1. The number of benzene rings is 3. The molecule has 2 atom stereocenters. The second-order valence-corrected chi connectivity index (χ2v) is 8.40. The first-order valence-electron chi connectivity index (χ1n) is 11.4. The number of carbonyl (C=O) groups excluding carboxylic acids is 1. The standard InChI is InChI=1S/C29H28N2O2/c1-2-6-26-19-27(31(29(26)32)18-17-22-7-4-3-5-8-22)21-33-28-15-13-25(14-16-28)24-11-9-23(20-30)10-12-24/h2-5,7-16,26-27H,1,6,17-19,21H2/t26-,27+/m1/s1. The molecule has 1 amide bonds. The van der Waals surface area contributed by atoms with Gasteiger partial charge in [0.05, 0.1) is 17.7 Å². The van der Waals surface area contributed by atoms with Gasteiger partial charge < -0.3 is 9.64 Å². The maximum Gasteiger partial charge on any atom is 0.226 e. The number of hydrogen-bond donors (Lipinski definition) is 0. The number of rotatable bonds is 9. The number of amides is 1. The van der Waals surface area contributed by atoms with E-state index < -0.39 is 0 Å². The molecule has 0 spiro atoms. The van der Waals surface area contributed by atoms with E-state index in [-0.39, 0.29) is 17.9 Å². The Bertz CT molecular complexity index is 1120. The van der Waals surface area contributed by atoms with Crippen LogP contribution in [0.2, 0.25) is 0 Å². The van der Waals surface area contributed by atoms with Crippen molar-refractivity contribution in [2.45, 2.75) is 25.3 Å². The highest BCUT2D eigenvalue weighted by Crippen LogP contribution is 2.29. The highest BCUT2D eigenvalue weighted by atomic mass is 16.5. The topological polar surface area (TPSA) is 53.3 Å². The fourth-order valence-electron chi connectivity index (χ4n) is 4.39. The van der Waals surface area contributed by atoms with Crippen LogP contribution in [0.3, 0.4) is 0 Å². The Morgan fingerprint density at radius 3 is 2.30 bits per heavy atom. The molecule has 3 aromatic rings. The Morgan fingerprint density at radius 2 is 1.67 bits per heavy atom. The monoisotopic (exact) mass is 436 g/mol. The van der Waals surface area contributed by atoms with Crippen molar-refractivity contribution in [2.24, 2.45) is 5.92 Å². The van der Waals surface area contributed by atoms with Crippen molar-refractivity contribution in [1.29, 1.82) is 5.26 Å². The third-order valence-electron chi connectivity index (χ3n) is 6.21. The van der Waals surface area contributed by atoms with Gasteiger partial charge in [-0.3, -0.25) is 4.79 Å². The molecule has 0 N–H and O–H groups in total. The van der Waals surface area contributed by atoms with Gasteiger partial charge in [0, 0.05) is 12.5 Å². The fraction of sp³-hybridized carbons (Fsp3) is 0.241.